The van der Waals surface area contributed by atoms with Gasteiger partial charge in [-0.05, 0) is 49.2 Å². The number of rotatable bonds is 7. The molecule has 2 N–H and O–H groups in total. The summed E-state index contributed by atoms with van der Waals surface area (Å²) >= 11 is 6.00. The van der Waals surface area contributed by atoms with Crippen LogP contribution in [0.5, 0.6) is 5.75 Å². The van der Waals surface area contributed by atoms with Crippen molar-refractivity contribution >= 4 is 33.2 Å². The molecule has 0 saturated carbocycles. The standard InChI is InChI=1S/C22H28ClN3O4S/c1-15(2)24-18-7-5-11-26(14-18)22(27)16-6-4-8-19(12-16)31(28,29)25-20-13-17(23)9-10-21(20)30-3/h4,6,8-10,12-13,15,18,24-25H,5,7,11,14H2,1-3H3/t18-/m0/s1. The third-order valence-electron chi connectivity index (χ3n) is 5.07. The Labute approximate surface area is 188 Å². The van der Waals surface area contributed by atoms with Crippen LogP contribution in [0, 0.1) is 0 Å². The lowest BCUT2D eigenvalue weighted by molar-refractivity contribution is 0.0691. The van der Waals surface area contributed by atoms with Crippen molar-refractivity contribution in [1.82, 2.24) is 10.2 Å². The van der Waals surface area contributed by atoms with Gasteiger partial charge < -0.3 is 15.0 Å². The molecule has 168 valence electrons. The maximum Gasteiger partial charge on any atom is 0.262 e. The van der Waals surface area contributed by atoms with E-state index in [-0.39, 0.29) is 22.5 Å². The summed E-state index contributed by atoms with van der Waals surface area (Å²) in [5.41, 5.74) is 0.566. The maximum atomic E-state index is 13.1. The molecule has 31 heavy (non-hydrogen) atoms. The van der Waals surface area contributed by atoms with Crippen molar-refractivity contribution in [1.29, 1.82) is 0 Å². The smallest absolute Gasteiger partial charge is 0.262 e. The lowest BCUT2D eigenvalue weighted by atomic mass is 10.0. The number of likely N-dealkylation sites (tertiary alicyclic amines) is 1. The number of ether oxygens (including phenoxy) is 1. The van der Waals surface area contributed by atoms with Gasteiger partial charge in [-0.2, -0.15) is 0 Å². The summed E-state index contributed by atoms with van der Waals surface area (Å²) in [6.45, 7) is 5.42. The lowest BCUT2D eigenvalue weighted by Gasteiger charge is -2.34. The molecule has 0 unspecified atom stereocenters. The Hall–Kier alpha value is -2.29. The fourth-order valence-electron chi connectivity index (χ4n) is 3.71. The largest absolute Gasteiger partial charge is 0.495 e. The highest BCUT2D eigenvalue weighted by Crippen LogP contribution is 2.30. The highest BCUT2D eigenvalue weighted by molar-refractivity contribution is 7.92. The minimum atomic E-state index is -3.95. The first-order valence-electron chi connectivity index (χ1n) is 10.2. The molecule has 1 aliphatic rings. The third-order valence-corrected chi connectivity index (χ3v) is 6.67. The van der Waals surface area contributed by atoms with Crippen molar-refractivity contribution < 1.29 is 17.9 Å². The minimum absolute atomic E-state index is 0.00533. The number of hydrogen-bond donors (Lipinski definition) is 2. The first kappa shape index (κ1) is 23.4. The van der Waals surface area contributed by atoms with Crippen molar-refractivity contribution in [2.24, 2.45) is 0 Å². The van der Waals surface area contributed by atoms with Gasteiger partial charge in [-0.1, -0.05) is 31.5 Å². The van der Waals surface area contributed by atoms with E-state index in [0.717, 1.165) is 12.8 Å². The number of carbonyl (C=O) groups is 1. The van der Waals surface area contributed by atoms with Gasteiger partial charge in [-0.3, -0.25) is 9.52 Å². The quantitative estimate of drug-likeness (QED) is 0.650. The molecule has 7 nitrogen and oxygen atoms in total. The molecule has 1 atom stereocenters. The van der Waals surface area contributed by atoms with Crippen LogP contribution in [0.2, 0.25) is 5.02 Å². The van der Waals surface area contributed by atoms with E-state index in [9.17, 15) is 13.2 Å². The predicted octanol–water partition coefficient (Wildman–Crippen LogP) is 3.75. The van der Waals surface area contributed by atoms with E-state index in [2.05, 4.69) is 23.9 Å². The summed E-state index contributed by atoms with van der Waals surface area (Å²) in [5.74, 6) is 0.171. The van der Waals surface area contributed by atoms with Crippen LogP contribution in [-0.2, 0) is 10.0 Å². The van der Waals surface area contributed by atoms with Crippen LogP contribution >= 0.6 is 11.6 Å². The Balaban J connectivity index is 1.81. The van der Waals surface area contributed by atoms with Gasteiger partial charge in [-0.25, -0.2) is 8.42 Å². The number of nitrogens with zero attached hydrogens (tertiary/aromatic N) is 1. The zero-order valence-electron chi connectivity index (χ0n) is 17.9. The number of nitrogens with one attached hydrogen (secondary N) is 2. The molecule has 0 aromatic heterocycles. The summed E-state index contributed by atoms with van der Waals surface area (Å²) in [7, 11) is -2.50. The van der Waals surface area contributed by atoms with Gasteiger partial charge in [0.1, 0.15) is 5.75 Å². The fourth-order valence-corrected chi connectivity index (χ4v) is 4.99. The normalized spacial score (nSPS) is 16.9. The van der Waals surface area contributed by atoms with E-state index < -0.39 is 10.0 Å². The topological polar surface area (TPSA) is 87.7 Å². The van der Waals surface area contributed by atoms with Gasteiger partial charge in [0, 0.05) is 35.8 Å². The first-order valence-corrected chi connectivity index (χ1v) is 12.1. The van der Waals surface area contributed by atoms with Gasteiger partial charge in [-0.15, -0.1) is 0 Å². The molecule has 3 rings (SSSR count). The Morgan fingerprint density at radius 3 is 2.71 bits per heavy atom. The molecule has 0 aliphatic carbocycles. The zero-order chi connectivity index (χ0) is 22.6. The molecule has 1 heterocycles. The summed E-state index contributed by atoms with van der Waals surface area (Å²) in [6.07, 6.45) is 1.92. The van der Waals surface area contributed by atoms with Gasteiger partial charge in [0.05, 0.1) is 17.7 Å². The number of halogens is 1. The van der Waals surface area contributed by atoms with E-state index in [1.807, 2.05) is 0 Å². The van der Waals surface area contributed by atoms with Crippen molar-refractivity contribution in [3.05, 3.63) is 53.1 Å². The molecule has 0 spiro atoms. The molecule has 1 saturated heterocycles. The van der Waals surface area contributed by atoms with E-state index in [1.54, 1.807) is 29.2 Å². The molecular formula is C22H28ClN3O4S. The predicted molar refractivity (Wildman–Crippen MR) is 122 cm³/mol. The SMILES string of the molecule is COc1ccc(Cl)cc1NS(=O)(=O)c1cccc(C(=O)N2CCC[C@H](NC(C)C)C2)c1. The van der Waals surface area contributed by atoms with Crippen molar-refractivity contribution in [3.63, 3.8) is 0 Å². The lowest BCUT2D eigenvalue weighted by Crippen LogP contribution is -2.49. The molecule has 0 radical (unpaired) electrons. The van der Waals surface area contributed by atoms with E-state index in [0.29, 0.717) is 35.5 Å². The van der Waals surface area contributed by atoms with Gasteiger partial charge in [0.25, 0.3) is 15.9 Å². The van der Waals surface area contributed by atoms with Crippen LogP contribution in [0.1, 0.15) is 37.0 Å². The molecule has 1 aliphatic heterocycles. The number of methoxy groups -OCH3 is 1. The highest BCUT2D eigenvalue weighted by atomic mass is 35.5. The maximum absolute atomic E-state index is 13.1. The number of piperidine rings is 1. The average Bonchev–Trinajstić information content (AvgIpc) is 2.73. The summed E-state index contributed by atoms with van der Waals surface area (Å²) < 4.78 is 33.6. The van der Waals surface area contributed by atoms with Crippen LogP contribution in [0.25, 0.3) is 0 Å². The minimum Gasteiger partial charge on any atom is -0.495 e. The van der Waals surface area contributed by atoms with E-state index >= 15 is 0 Å². The van der Waals surface area contributed by atoms with Crippen LogP contribution in [0.15, 0.2) is 47.4 Å². The average molecular weight is 466 g/mol. The van der Waals surface area contributed by atoms with Gasteiger partial charge >= 0.3 is 0 Å². The van der Waals surface area contributed by atoms with Crippen molar-refractivity contribution in [3.8, 4) is 5.75 Å². The number of anilines is 1. The molecule has 1 fully saturated rings. The second-order valence-corrected chi connectivity index (χ2v) is 10.0. The van der Waals surface area contributed by atoms with Crippen LogP contribution in [0.4, 0.5) is 5.69 Å². The molecule has 1 amide bonds. The second-order valence-electron chi connectivity index (χ2n) is 7.89. The Kier molecular flexibility index (Phi) is 7.46. The number of amides is 1. The summed E-state index contributed by atoms with van der Waals surface area (Å²) in [6, 6.07) is 11.3. The summed E-state index contributed by atoms with van der Waals surface area (Å²) in [4.78, 5) is 14.8. The summed E-state index contributed by atoms with van der Waals surface area (Å²) in [5, 5.41) is 3.85. The molecule has 0 bridgehead atoms. The third kappa shape index (κ3) is 5.90. The molecule has 9 heteroatoms. The monoisotopic (exact) mass is 465 g/mol. The number of carbonyl (C=O) groups excluding carboxylic acids is 1. The van der Waals surface area contributed by atoms with Crippen LogP contribution < -0.4 is 14.8 Å². The van der Waals surface area contributed by atoms with Crippen LogP contribution in [0.3, 0.4) is 0 Å². The fraction of sp³-hybridized carbons (Fsp3) is 0.409. The molecular weight excluding hydrogens is 438 g/mol. The van der Waals surface area contributed by atoms with E-state index in [4.69, 9.17) is 16.3 Å². The number of benzene rings is 2. The van der Waals surface area contributed by atoms with E-state index in [1.165, 1.54) is 25.3 Å². The Bertz CT molecular complexity index is 1040. The highest BCUT2D eigenvalue weighted by Gasteiger charge is 2.26. The van der Waals surface area contributed by atoms with Crippen LogP contribution in [-0.4, -0.2) is 51.5 Å². The Morgan fingerprint density at radius 2 is 2.00 bits per heavy atom. The van der Waals surface area contributed by atoms with Gasteiger partial charge in [0.2, 0.25) is 0 Å². The number of hydrogen-bond acceptors (Lipinski definition) is 5. The molecule has 2 aromatic carbocycles. The molecule has 2 aromatic rings. The van der Waals surface area contributed by atoms with Gasteiger partial charge in [0.15, 0.2) is 0 Å². The number of sulfonamides is 1. The Morgan fingerprint density at radius 1 is 1.23 bits per heavy atom. The van der Waals surface area contributed by atoms with Crippen molar-refractivity contribution in [2.45, 2.75) is 43.7 Å². The second kappa shape index (κ2) is 9.89. The van der Waals surface area contributed by atoms with Crippen molar-refractivity contribution in [2.75, 3.05) is 24.9 Å². The zero-order valence-corrected chi connectivity index (χ0v) is 19.5. The first-order chi connectivity index (χ1) is 14.7.